The molecule has 1 rings (SSSR count). The summed E-state index contributed by atoms with van der Waals surface area (Å²) in [4.78, 5) is 0. The minimum absolute atomic E-state index is 0.0904. The second kappa shape index (κ2) is 3.46. The fourth-order valence-corrected chi connectivity index (χ4v) is 0.965. The summed E-state index contributed by atoms with van der Waals surface area (Å²) in [5.41, 5.74) is 0.252. The van der Waals surface area contributed by atoms with Crippen molar-refractivity contribution in [2.75, 3.05) is 7.11 Å². The maximum Gasteiger partial charge on any atom is 0.141 e. The highest BCUT2D eigenvalue weighted by molar-refractivity contribution is 5.57. The number of nitrogens with zero attached hydrogens (tertiary/aromatic N) is 2. The van der Waals surface area contributed by atoms with E-state index in [2.05, 4.69) is 0 Å². The molecule has 0 aliphatic rings. The minimum Gasteiger partial charge on any atom is -0.508 e. The summed E-state index contributed by atoms with van der Waals surface area (Å²) >= 11 is 0. The van der Waals surface area contributed by atoms with Crippen LogP contribution in [0, 0.1) is 22.7 Å². The Labute approximate surface area is 75.2 Å². The van der Waals surface area contributed by atoms with Gasteiger partial charge in [0.1, 0.15) is 29.2 Å². The van der Waals surface area contributed by atoms with Crippen LogP contribution in [0.3, 0.4) is 0 Å². The molecule has 0 unspecified atom stereocenters. The van der Waals surface area contributed by atoms with Gasteiger partial charge in [-0.1, -0.05) is 0 Å². The number of benzene rings is 1. The smallest absolute Gasteiger partial charge is 0.141 e. The number of hydrogen-bond donors (Lipinski definition) is 1. The Morgan fingerprint density at radius 1 is 1.31 bits per heavy atom. The number of rotatable bonds is 1. The van der Waals surface area contributed by atoms with Crippen molar-refractivity contribution in [3.8, 4) is 23.6 Å². The standard InChI is InChI=1S/C9H6N2O2/c1-13-9-3-7(12)2-6(4-10)8(9)5-11/h2-3,12H,1H3. The van der Waals surface area contributed by atoms with Crippen molar-refractivity contribution in [1.29, 1.82) is 10.5 Å². The summed E-state index contributed by atoms with van der Waals surface area (Å²) in [6.45, 7) is 0. The SMILES string of the molecule is COc1cc(O)cc(C#N)c1C#N. The molecule has 0 bridgehead atoms. The molecule has 0 aliphatic heterocycles. The van der Waals surface area contributed by atoms with E-state index in [0.29, 0.717) is 0 Å². The average molecular weight is 174 g/mol. The number of aromatic hydroxyl groups is 1. The summed E-state index contributed by atoms with van der Waals surface area (Å²) in [5.74, 6) is 0.117. The van der Waals surface area contributed by atoms with E-state index in [4.69, 9.17) is 20.4 Å². The zero-order chi connectivity index (χ0) is 9.84. The number of phenols is 1. The van der Waals surface area contributed by atoms with Gasteiger partial charge < -0.3 is 9.84 Å². The molecule has 0 spiro atoms. The molecule has 4 nitrogen and oxygen atoms in total. The second-order valence-electron chi connectivity index (χ2n) is 2.29. The molecular formula is C9H6N2O2. The molecule has 1 N–H and O–H groups in total. The van der Waals surface area contributed by atoms with Crippen molar-refractivity contribution in [2.45, 2.75) is 0 Å². The molecule has 0 amide bonds. The molecule has 1 aromatic rings. The van der Waals surface area contributed by atoms with Crippen molar-refractivity contribution < 1.29 is 9.84 Å². The third-order valence-corrected chi connectivity index (χ3v) is 1.54. The summed E-state index contributed by atoms with van der Waals surface area (Å²) in [6.07, 6.45) is 0. The van der Waals surface area contributed by atoms with Crippen LogP contribution in [0.1, 0.15) is 11.1 Å². The van der Waals surface area contributed by atoms with Gasteiger partial charge in [0, 0.05) is 6.07 Å². The normalized spacial score (nSPS) is 8.54. The van der Waals surface area contributed by atoms with Gasteiger partial charge in [-0.15, -0.1) is 0 Å². The van der Waals surface area contributed by atoms with Crippen molar-refractivity contribution >= 4 is 0 Å². The Hall–Kier alpha value is -2.20. The lowest BCUT2D eigenvalue weighted by atomic mass is 10.1. The maximum absolute atomic E-state index is 9.14. The van der Waals surface area contributed by atoms with Crippen LogP contribution in [0.4, 0.5) is 0 Å². The highest BCUT2D eigenvalue weighted by Gasteiger charge is 2.10. The quantitative estimate of drug-likeness (QED) is 0.692. The van der Waals surface area contributed by atoms with Gasteiger partial charge in [-0.3, -0.25) is 0 Å². The monoisotopic (exact) mass is 174 g/mol. The lowest BCUT2D eigenvalue weighted by Crippen LogP contribution is -1.91. The van der Waals surface area contributed by atoms with E-state index in [1.807, 2.05) is 6.07 Å². The molecule has 0 atom stereocenters. The first-order valence-electron chi connectivity index (χ1n) is 3.44. The van der Waals surface area contributed by atoms with E-state index in [1.54, 1.807) is 6.07 Å². The van der Waals surface area contributed by atoms with Gasteiger partial charge in [-0.05, 0) is 6.07 Å². The fraction of sp³-hybridized carbons (Fsp3) is 0.111. The molecule has 0 saturated heterocycles. The molecule has 0 aromatic heterocycles. The Morgan fingerprint density at radius 2 is 2.00 bits per heavy atom. The zero-order valence-corrected chi connectivity index (χ0v) is 6.90. The van der Waals surface area contributed by atoms with Crippen LogP contribution in [0.5, 0.6) is 11.5 Å². The van der Waals surface area contributed by atoms with E-state index < -0.39 is 0 Å². The van der Waals surface area contributed by atoms with Gasteiger partial charge in [0.05, 0.1) is 12.7 Å². The fourth-order valence-electron chi connectivity index (χ4n) is 0.965. The number of hydrogen-bond acceptors (Lipinski definition) is 4. The van der Waals surface area contributed by atoms with E-state index in [0.717, 1.165) is 0 Å². The summed E-state index contributed by atoms with van der Waals surface area (Å²) in [5, 5.41) is 26.5. The topological polar surface area (TPSA) is 77.0 Å². The lowest BCUT2D eigenvalue weighted by Gasteiger charge is -2.03. The molecular weight excluding hydrogens is 168 g/mol. The van der Waals surface area contributed by atoms with Crippen molar-refractivity contribution in [3.05, 3.63) is 23.3 Å². The molecule has 0 radical (unpaired) electrons. The van der Waals surface area contributed by atoms with Crippen molar-refractivity contribution in [2.24, 2.45) is 0 Å². The van der Waals surface area contributed by atoms with E-state index >= 15 is 0 Å². The zero-order valence-electron chi connectivity index (χ0n) is 6.90. The van der Waals surface area contributed by atoms with Crippen molar-refractivity contribution in [1.82, 2.24) is 0 Å². The predicted molar refractivity (Wildman–Crippen MR) is 44.1 cm³/mol. The highest BCUT2D eigenvalue weighted by Crippen LogP contribution is 2.26. The molecule has 0 fully saturated rings. The Kier molecular flexibility index (Phi) is 2.37. The van der Waals surface area contributed by atoms with Crippen LogP contribution in [0.2, 0.25) is 0 Å². The Morgan fingerprint density at radius 3 is 2.46 bits per heavy atom. The number of ether oxygens (including phenoxy) is 1. The molecule has 13 heavy (non-hydrogen) atoms. The van der Waals surface area contributed by atoms with Crippen LogP contribution in [0.15, 0.2) is 12.1 Å². The van der Waals surface area contributed by atoms with Crippen molar-refractivity contribution in [3.63, 3.8) is 0 Å². The van der Waals surface area contributed by atoms with Crippen LogP contribution < -0.4 is 4.74 Å². The molecule has 0 aliphatic carbocycles. The molecule has 0 heterocycles. The van der Waals surface area contributed by atoms with Gasteiger partial charge in [0.25, 0.3) is 0 Å². The number of phenolic OH excluding ortho intramolecular Hbond substituents is 1. The first-order valence-corrected chi connectivity index (χ1v) is 3.44. The second-order valence-corrected chi connectivity index (χ2v) is 2.29. The van der Waals surface area contributed by atoms with Gasteiger partial charge in [0.15, 0.2) is 0 Å². The third kappa shape index (κ3) is 1.52. The predicted octanol–water partition coefficient (Wildman–Crippen LogP) is 1.14. The van der Waals surface area contributed by atoms with Crippen LogP contribution >= 0.6 is 0 Å². The maximum atomic E-state index is 9.14. The third-order valence-electron chi connectivity index (χ3n) is 1.54. The van der Waals surface area contributed by atoms with Gasteiger partial charge in [-0.2, -0.15) is 10.5 Å². The summed E-state index contributed by atoms with van der Waals surface area (Å²) in [6, 6.07) is 6.15. The van der Waals surface area contributed by atoms with E-state index in [-0.39, 0.29) is 22.6 Å². The first kappa shape index (κ1) is 8.89. The molecule has 4 heteroatoms. The lowest BCUT2D eigenvalue weighted by molar-refractivity contribution is 0.406. The highest BCUT2D eigenvalue weighted by atomic mass is 16.5. The Bertz CT molecular complexity index is 413. The first-order chi connectivity index (χ1) is 6.22. The average Bonchev–Trinajstić information content (AvgIpc) is 2.16. The number of methoxy groups -OCH3 is 1. The summed E-state index contributed by atoms with van der Waals surface area (Å²) < 4.78 is 4.83. The largest absolute Gasteiger partial charge is 0.508 e. The van der Waals surface area contributed by atoms with Gasteiger partial charge >= 0.3 is 0 Å². The van der Waals surface area contributed by atoms with E-state index in [9.17, 15) is 0 Å². The van der Waals surface area contributed by atoms with E-state index in [1.165, 1.54) is 19.2 Å². The van der Waals surface area contributed by atoms with Crippen LogP contribution in [-0.4, -0.2) is 12.2 Å². The van der Waals surface area contributed by atoms with Gasteiger partial charge in [0.2, 0.25) is 0 Å². The Balaban J connectivity index is 3.47. The summed E-state index contributed by atoms with van der Waals surface area (Å²) in [7, 11) is 1.37. The van der Waals surface area contributed by atoms with Crippen LogP contribution in [-0.2, 0) is 0 Å². The minimum atomic E-state index is -0.0904. The molecule has 64 valence electrons. The number of nitriles is 2. The molecule has 0 saturated carbocycles. The molecule has 1 aromatic carbocycles. The van der Waals surface area contributed by atoms with Crippen LogP contribution in [0.25, 0.3) is 0 Å². The van der Waals surface area contributed by atoms with Gasteiger partial charge in [-0.25, -0.2) is 0 Å².